The Kier molecular flexibility index (Phi) is 7.84. The second-order valence-electron chi connectivity index (χ2n) is 7.40. The molecule has 0 aromatic heterocycles. The number of hydrogen-bond acceptors (Lipinski definition) is 5. The number of nitrogens with zero attached hydrogens (tertiary/aromatic N) is 2. The number of piperazine rings is 1. The maximum absolute atomic E-state index is 12.8. The van der Waals surface area contributed by atoms with Crippen LogP contribution in [0.2, 0.25) is 0 Å². The lowest BCUT2D eigenvalue weighted by Gasteiger charge is -2.31. The molecule has 1 fully saturated rings. The van der Waals surface area contributed by atoms with E-state index < -0.39 is 10.0 Å². The fourth-order valence-corrected chi connectivity index (χ4v) is 4.64. The molecule has 0 unspecified atom stereocenters. The number of hydrogen-bond donors (Lipinski definition) is 1. The summed E-state index contributed by atoms with van der Waals surface area (Å²) >= 11 is 0. The average molecular weight is 444 g/mol. The number of rotatable bonds is 8. The number of benzene rings is 2. The minimum absolute atomic E-state index is 0.219. The van der Waals surface area contributed by atoms with Gasteiger partial charge < -0.3 is 15.0 Å². The van der Waals surface area contributed by atoms with Crippen LogP contribution >= 0.6 is 0 Å². The number of nitrogens with one attached hydrogen (secondary N) is 1. The van der Waals surface area contributed by atoms with E-state index in [9.17, 15) is 13.2 Å². The van der Waals surface area contributed by atoms with Gasteiger partial charge in [-0.3, -0.25) is 4.79 Å². The lowest BCUT2D eigenvalue weighted by Crippen LogP contribution is -2.46. The van der Waals surface area contributed by atoms with E-state index in [0.29, 0.717) is 26.2 Å². The molecular formula is C23H29N3O4S. The SMILES string of the molecule is CCOc1ccc(/C=C/C(=O)NCc2ccc(S(=O)(=O)N3CCN(C)CC3)cc2)cc1. The van der Waals surface area contributed by atoms with Crippen LogP contribution in [0.25, 0.3) is 6.08 Å². The van der Waals surface area contributed by atoms with Gasteiger partial charge in [0.1, 0.15) is 5.75 Å². The monoisotopic (exact) mass is 443 g/mol. The van der Waals surface area contributed by atoms with Crippen molar-refractivity contribution in [3.63, 3.8) is 0 Å². The molecule has 0 bridgehead atoms. The van der Waals surface area contributed by atoms with Gasteiger partial charge in [-0.05, 0) is 55.4 Å². The van der Waals surface area contributed by atoms with Gasteiger partial charge in [0.2, 0.25) is 15.9 Å². The van der Waals surface area contributed by atoms with Crippen molar-refractivity contribution in [3.05, 3.63) is 65.7 Å². The molecule has 0 spiro atoms. The maximum atomic E-state index is 12.8. The van der Waals surface area contributed by atoms with Crippen molar-refractivity contribution in [1.29, 1.82) is 0 Å². The average Bonchev–Trinajstić information content (AvgIpc) is 2.78. The Balaban J connectivity index is 1.52. The third-order valence-corrected chi connectivity index (χ3v) is 7.02. The summed E-state index contributed by atoms with van der Waals surface area (Å²) in [4.78, 5) is 14.5. The smallest absolute Gasteiger partial charge is 0.244 e. The zero-order valence-corrected chi connectivity index (χ0v) is 18.8. The molecule has 1 heterocycles. The lowest BCUT2D eigenvalue weighted by atomic mass is 10.2. The van der Waals surface area contributed by atoms with Crippen molar-refractivity contribution in [2.24, 2.45) is 0 Å². The van der Waals surface area contributed by atoms with E-state index in [1.807, 2.05) is 38.2 Å². The Morgan fingerprint density at radius 2 is 1.68 bits per heavy atom. The fourth-order valence-electron chi connectivity index (χ4n) is 3.22. The van der Waals surface area contributed by atoms with E-state index in [1.165, 1.54) is 10.4 Å². The van der Waals surface area contributed by atoms with E-state index in [2.05, 4.69) is 10.2 Å². The molecule has 166 valence electrons. The van der Waals surface area contributed by atoms with Gasteiger partial charge in [-0.1, -0.05) is 24.3 Å². The summed E-state index contributed by atoms with van der Waals surface area (Å²) in [5, 5.41) is 2.81. The zero-order valence-electron chi connectivity index (χ0n) is 18.0. The molecule has 1 aliphatic rings. The molecule has 7 nitrogen and oxygen atoms in total. The minimum atomic E-state index is -3.48. The molecular weight excluding hydrogens is 414 g/mol. The molecule has 0 saturated carbocycles. The number of likely N-dealkylation sites (N-methyl/N-ethyl adjacent to an activating group) is 1. The number of carbonyl (C=O) groups is 1. The molecule has 1 N–H and O–H groups in total. The molecule has 1 aliphatic heterocycles. The molecule has 0 atom stereocenters. The molecule has 31 heavy (non-hydrogen) atoms. The minimum Gasteiger partial charge on any atom is -0.494 e. The van der Waals surface area contributed by atoms with Crippen molar-refractivity contribution in [1.82, 2.24) is 14.5 Å². The summed E-state index contributed by atoms with van der Waals surface area (Å²) in [6, 6.07) is 14.2. The lowest BCUT2D eigenvalue weighted by molar-refractivity contribution is -0.116. The van der Waals surface area contributed by atoms with Gasteiger partial charge in [0.25, 0.3) is 0 Å². The number of ether oxygens (including phenoxy) is 1. The molecule has 3 rings (SSSR count). The third-order valence-electron chi connectivity index (χ3n) is 5.11. The van der Waals surface area contributed by atoms with E-state index in [4.69, 9.17) is 4.74 Å². The summed E-state index contributed by atoms with van der Waals surface area (Å²) in [6.07, 6.45) is 3.21. The van der Waals surface area contributed by atoms with Gasteiger partial charge in [0, 0.05) is 38.8 Å². The highest BCUT2D eigenvalue weighted by molar-refractivity contribution is 7.89. The van der Waals surface area contributed by atoms with Crippen LogP contribution in [0.5, 0.6) is 5.75 Å². The van der Waals surface area contributed by atoms with Gasteiger partial charge in [0.15, 0.2) is 0 Å². The molecule has 2 aromatic carbocycles. The number of carbonyl (C=O) groups excluding carboxylic acids is 1. The quantitative estimate of drug-likeness (QED) is 0.634. The van der Waals surface area contributed by atoms with Crippen LogP contribution in [0.3, 0.4) is 0 Å². The second-order valence-corrected chi connectivity index (χ2v) is 9.34. The standard InChI is InChI=1S/C23H29N3O4S/c1-3-30-21-9-4-19(5-10-21)8-13-23(27)24-18-20-6-11-22(12-7-20)31(28,29)26-16-14-25(2)15-17-26/h4-13H,3,14-18H2,1-2H3,(H,24,27)/b13-8+. The normalized spacial score (nSPS) is 15.8. The van der Waals surface area contributed by atoms with Crippen molar-refractivity contribution in [3.8, 4) is 5.75 Å². The van der Waals surface area contributed by atoms with Crippen molar-refractivity contribution in [2.75, 3.05) is 39.8 Å². The largest absolute Gasteiger partial charge is 0.494 e. The predicted octanol–water partition coefficient (Wildman–Crippen LogP) is 2.35. The van der Waals surface area contributed by atoms with Gasteiger partial charge in [-0.25, -0.2) is 8.42 Å². The van der Waals surface area contributed by atoms with E-state index in [0.717, 1.165) is 30.0 Å². The van der Waals surface area contributed by atoms with Crippen LogP contribution in [0.1, 0.15) is 18.1 Å². The Labute approximate surface area is 184 Å². The van der Waals surface area contributed by atoms with E-state index in [-0.39, 0.29) is 10.8 Å². The Morgan fingerprint density at radius 3 is 2.29 bits per heavy atom. The topological polar surface area (TPSA) is 78.9 Å². The first-order chi connectivity index (χ1) is 14.9. The molecule has 2 aromatic rings. The summed E-state index contributed by atoms with van der Waals surface area (Å²) in [5.74, 6) is 0.574. The molecule has 1 saturated heterocycles. The predicted molar refractivity (Wildman–Crippen MR) is 121 cm³/mol. The summed E-state index contributed by atoms with van der Waals surface area (Å²) in [7, 11) is -1.49. The van der Waals surface area contributed by atoms with E-state index in [1.54, 1.807) is 30.3 Å². The highest BCUT2D eigenvalue weighted by Gasteiger charge is 2.27. The number of amides is 1. The molecule has 1 amide bonds. The van der Waals surface area contributed by atoms with Crippen LogP contribution in [0.4, 0.5) is 0 Å². The second kappa shape index (κ2) is 10.6. The number of sulfonamides is 1. The third kappa shape index (κ3) is 6.40. The first-order valence-electron chi connectivity index (χ1n) is 10.3. The van der Waals surface area contributed by atoms with Gasteiger partial charge in [-0.15, -0.1) is 0 Å². The van der Waals surface area contributed by atoms with Gasteiger partial charge in [0.05, 0.1) is 11.5 Å². The van der Waals surface area contributed by atoms with Crippen molar-refractivity contribution >= 4 is 22.0 Å². The van der Waals surface area contributed by atoms with Gasteiger partial charge >= 0.3 is 0 Å². The Morgan fingerprint density at radius 1 is 1.03 bits per heavy atom. The van der Waals surface area contributed by atoms with Crippen LogP contribution in [0, 0.1) is 0 Å². The fraction of sp³-hybridized carbons (Fsp3) is 0.348. The van der Waals surface area contributed by atoms with Crippen LogP contribution in [-0.2, 0) is 21.4 Å². The zero-order chi connectivity index (χ0) is 22.3. The Hall–Kier alpha value is -2.68. The van der Waals surface area contributed by atoms with Crippen LogP contribution in [0.15, 0.2) is 59.5 Å². The summed E-state index contributed by atoms with van der Waals surface area (Å²) in [5.41, 5.74) is 1.73. The first-order valence-corrected chi connectivity index (χ1v) is 11.8. The first kappa shape index (κ1) is 23.0. The van der Waals surface area contributed by atoms with E-state index >= 15 is 0 Å². The highest BCUT2D eigenvalue weighted by atomic mass is 32.2. The Bertz CT molecular complexity index is 994. The molecule has 8 heteroatoms. The van der Waals surface area contributed by atoms with Crippen LogP contribution in [-0.4, -0.2) is 63.4 Å². The molecule has 0 aliphatic carbocycles. The summed E-state index contributed by atoms with van der Waals surface area (Å²) in [6.45, 7) is 5.32. The summed E-state index contributed by atoms with van der Waals surface area (Å²) < 4.78 is 32.5. The van der Waals surface area contributed by atoms with Crippen molar-refractivity contribution in [2.45, 2.75) is 18.4 Å². The molecule has 0 radical (unpaired) electrons. The highest BCUT2D eigenvalue weighted by Crippen LogP contribution is 2.18. The maximum Gasteiger partial charge on any atom is 0.244 e. The van der Waals surface area contributed by atoms with Crippen LogP contribution < -0.4 is 10.1 Å². The van der Waals surface area contributed by atoms with Crippen molar-refractivity contribution < 1.29 is 17.9 Å². The van der Waals surface area contributed by atoms with Gasteiger partial charge in [-0.2, -0.15) is 4.31 Å².